The minimum atomic E-state index is -0.820. The van der Waals surface area contributed by atoms with Gasteiger partial charge < -0.3 is 9.47 Å². The predicted octanol–water partition coefficient (Wildman–Crippen LogP) is 4.33. The molecule has 0 N–H and O–H groups in total. The summed E-state index contributed by atoms with van der Waals surface area (Å²) >= 11 is 0. The van der Waals surface area contributed by atoms with Crippen molar-refractivity contribution in [3.63, 3.8) is 0 Å². The molecule has 0 heterocycles. The van der Waals surface area contributed by atoms with Crippen LogP contribution in [-0.2, 0) is 27.3 Å². The SMILES string of the molecule is COC(=O)C(Cc1cccc2ccccc12)=NC(=O)OCc1ccccc1. The largest absolute Gasteiger partial charge is 0.465 e. The molecule has 0 saturated carbocycles. The van der Waals surface area contributed by atoms with E-state index in [4.69, 9.17) is 9.47 Å². The highest BCUT2D eigenvalue weighted by molar-refractivity contribution is 6.38. The van der Waals surface area contributed by atoms with Crippen LogP contribution in [0.5, 0.6) is 0 Å². The first kappa shape index (κ1) is 18.3. The van der Waals surface area contributed by atoms with Gasteiger partial charge in [-0.25, -0.2) is 9.59 Å². The smallest absolute Gasteiger partial charge is 0.434 e. The second kappa shape index (κ2) is 8.76. The number of nitrogens with zero attached hydrogens (tertiary/aromatic N) is 1. The summed E-state index contributed by atoms with van der Waals surface area (Å²) in [7, 11) is 1.26. The Morgan fingerprint density at radius 3 is 2.37 bits per heavy atom. The minimum Gasteiger partial charge on any atom is -0.465 e. The molecule has 0 spiro atoms. The molecule has 0 bridgehead atoms. The third-order valence-corrected chi connectivity index (χ3v) is 4.09. The second-order valence-electron chi connectivity index (χ2n) is 5.91. The highest BCUT2D eigenvalue weighted by Gasteiger charge is 2.17. The number of rotatable bonds is 5. The van der Waals surface area contributed by atoms with Crippen LogP contribution in [0.4, 0.5) is 4.79 Å². The van der Waals surface area contributed by atoms with Crippen LogP contribution in [-0.4, -0.2) is 24.9 Å². The summed E-state index contributed by atoms with van der Waals surface area (Å²) < 4.78 is 9.93. The van der Waals surface area contributed by atoms with Crippen LogP contribution in [0.3, 0.4) is 0 Å². The van der Waals surface area contributed by atoms with Crippen molar-refractivity contribution in [3.05, 3.63) is 83.9 Å². The lowest BCUT2D eigenvalue weighted by molar-refractivity contribution is -0.132. The third kappa shape index (κ3) is 4.79. The zero-order valence-corrected chi connectivity index (χ0v) is 14.9. The molecule has 0 aromatic heterocycles. The van der Waals surface area contributed by atoms with E-state index in [1.807, 2.05) is 72.8 Å². The first-order valence-corrected chi connectivity index (χ1v) is 8.50. The Hall–Kier alpha value is -3.47. The van der Waals surface area contributed by atoms with Gasteiger partial charge in [-0.2, -0.15) is 4.99 Å². The molecule has 5 nitrogen and oxygen atoms in total. The van der Waals surface area contributed by atoms with Crippen molar-refractivity contribution in [2.75, 3.05) is 7.11 Å². The van der Waals surface area contributed by atoms with Gasteiger partial charge >= 0.3 is 12.1 Å². The van der Waals surface area contributed by atoms with E-state index in [-0.39, 0.29) is 18.7 Å². The molecule has 0 aliphatic carbocycles. The van der Waals surface area contributed by atoms with Crippen LogP contribution in [0.15, 0.2) is 77.8 Å². The monoisotopic (exact) mass is 361 g/mol. The predicted molar refractivity (Wildman–Crippen MR) is 104 cm³/mol. The Bertz CT molecular complexity index is 975. The number of methoxy groups -OCH3 is 1. The lowest BCUT2D eigenvalue weighted by Crippen LogP contribution is -2.20. The fourth-order valence-corrected chi connectivity index (χ4v) is 2.76. The van der Waals surface area contributed by atoms with Crippen LogP contribution in [0.2, 0.25) is 0 Å². The second-order valence-corrected chi connectivity index (χ2v) is 5.91. The van der Waals surface area contributed by atoms with Crippen LogP contribution < -0.4 is 0 Å². The van der Waals surface area contributed by atoms with Crippen LogP contribution in [0.25, 0.3) is 10.8 Å². The minimum absolute atomic E-state index is 0.00640. The number of hydrogen-bond acceptors (Lipinski definition) is 4. The molecule has 1 amide bonds. The van der Waals surface area contributed by atoms with Gasteiger partial charge in [0.2, 0.25) is 0 Å². The zero-order chi connectivity index (χ0) is 19.1. The van der Waals surface area contributed by atoms with Gasteiger partial charge in [0.15, 0.2) is 0 Å². The summed E-state index contributed by atoms with van der Waals surface area (Å²) in [6, 6.07) is 22.9. The Morgan fingerprint density at radius 1 is 0.889 bits per heavy atom. The van der Waals surface area contributed by atoms with E-state index in [9.17, 15) is 9.59 Å². The molecule has 136 valence electrons. The van der Waals surface area contributed by atoms with Gasteiger partial charge in [0.05, 0.1) is 7.11 Å². The average molecular weight is 361 g/mol. The summed E-state index contributed by atoms with van der Waals surface area (Å²) in [5.41, 5.74) is 1.73. The highest BCUT2D eigenvalue weighted by atomic mass is 16.5. The highest BCUT2D eigenvalue weighted by Crippen LogP contribution is 2.19. The normalized spacial score (nSPS) is 11.2. The zero-order valence-electron chi connectivity index (χ0n) is 14.9. The van der Waals surface area contributed by atoms with Gasteiger partial charge in [-0.05, 0) is 21.9 Å². The molecule has 0 unspecified atom stereocenters. The van der Waals surface area contributed by atoms with E-state index in [0.29, 0.717) is 0 Å². The maximum atomic E-state index is 12.1. The fraction of sp³-hybridized carbons (Fsp3) is 0.136. The maximum Gasteiger partial charge on any atom is 0.434 e. The quantitative estimate of drug-likeness (QED) is 0.501. The van der Waals surface area contributed by atoms with E-state index < -0.39 is 12.1 Å². The number of esters is 1. The molecule has 0 atom stereocenters. The Labute approximate surface area is 157 Å². The summed E-state index contributed by atoms with van der Waals surface area (Å²) in [5, 5.41) is 2.04. The average Bonchev–Trinajstić information content (AvgIpc) is 2.72. The lowest BCUT2D eigenvalue weighted by Gasteiger charge is -2.08. The van der Waals surface area contributed by atoms with E-state index >= 15 is 0 Å². The van der Waals surface area contributed by atoms with Crippen LogP contribution in [0, 0.1) is 0 Å². The van der Waals surface area contributed by atoms with Gasteiger partial charge in [0.25, 0.3) is 0 Å². The molecule has 0 aliphatic heterocycles. The topological polar surface area (TPSA) is 65.0 Å². The van der Waals surface area contributed by atoms with Crippen molar-refractivity contribution in [1.29, 1.82) is 0 Å². The summed E-state index contributed by atoms with van der Waals surface area (Å²) in [6.07, 6.45) is -0.645. The molecular formula is C22H19NO4. The van der Waals surface area contributed by atoms with E-state index in [0.717, 1.165) is 21.9 Å². The molecule has 3 aromatic rings. The Morgan fingerprint density at radius 2 is 1.59 bits per heavy atom. The number of aliphatic imine (C=N–C) groups is 1. The van der Waals surface area contributed by atoms with Crippen LogP contribution >= 0.6 is 0 Å². The maximum absolute atomic E-state index is 12.1. The lowest BCUT2D eigenvalue weighted by atomic mass is 10.0. The van der Waals surface area contributed by atoms with E-state index in [1.54, 1.807) is 0 Å². The summed E-state index contributed by atoms with van der Waals surface area (Å²) in [5.74, 6) is -0.653. The molecule has 27 heavy (non-hydrogen) atoms. The summed E-state index contributed by atoms with van der Waals surface area (Å²) in [6.45, 7) is 0.0892. The molecule has 0 radical (unpaired) electrons. The van der Waals surface area contributed by atoms with Gasteiger partial charge in [-0.1, -0.05) is 72.8 Å². The van der Waals surface area contributed by atoms with Crippen molar-refractivity contribution >= 4 is 28.5 Å². The molecule has 0 saturated heterocycles. The van der Waals surface area contributed by atoms with Crippen LogP contribution in [0.1, 0.15) is 11.1 Å². The van der Waals surface area contributed by atoms with Crippen molar-refractivity contribution in [2.45, 2.75) is 13.0 Å². The summed E-state index contributed by atoms with van der Waals surface area (Å²) in [4.78, 5) is 28.0. The number of ether oxygens (including phenoxy) is 2. The Kier molecular flexibility index (Phi) is 5.94. The van der Waals surface area contributed by atoms with E-state index in [1.165, 1.54) is 7.11 Å². The number of carbonyl (C=O) groups excluding carboxylic acids is 2. The van der Waals surface area contributed by atoms with Gasteiger partial charge in [0, 0.05) is 6.42 Å². The van der Waals surface area contributed by atoms with E-state index in [2.05, 4.69) is 4.99 Å². The molecular weight excluding hydrogens is 342 g/mol. The molecule has 3 aromatic carbocycles. The number of fused-ring (bicyclic) bond motifs is 1. The van der Waals surface area contributed by atoms with Crippen molar-refractivity contribution in [3.8, 4) is 0 Å². The first-order chi connectivity index (χ1) is 13.2. The molecule has 5 heteroatoms. The van der Waals surface area contributed by atoms with Gasteiger partial charge in [0.1, 0.15) is 12.3 Å². The molecule has 0 fully saturated rings. The number of benzene rings is 3. The van der Waals surface area contributed by atoms with Crippen molar-refractivity contribution < 1.29 is 19.1 Å². The fourth-order valence-electron chi connectivity index (χ4n) is 2.76. The Balaban J connectivity index is 1.79. The van der Waals surface area contributed by atoms with Gasteiger partial charge in [-0.15, -0.1) is 0 Å². The van der Waals surface area contributed by atoms with Crippen molar-refractivity contribution in [2.24, 2.45) is 4.99 Å². The molecule has 0 aliphatic rings. The van der Waals surface area contributed by atoms with Crippen molar-refractivity contribution in [1.82, 2.24) is 0 Å². The molecule has 3 rings (SSSR count). The third-order valence-electron chi connectivity index (χ3n) is 4.09. The first-order valence-electron chi connectivity index (χ1n) is 8.50. The number of carbonyl (C=O) groups is 2. The standard InChI is InChI=1S/C22H19NO4/c1-26-21(24)20(23-22(25)27-15-16-8-3-2-4-9-16)14-18-12-7-11-17-10-5-6-13-19(17)18/h2-13H,14-15H2,1H3. The van der Waals surface area contributed by atoms with Gasteiger partial charge in [-0.3, -0.25) is 0 Å². The number of hydrogen-bond donors (Lipinski definition) is 0. The number of amides is 1.